The number of methoxy groups -OCH3 is 1. The van der Waals surface area contributed by atoms with Gasteiger partial charge >= 0.3 is 24.1 Å². The van der Waals surface area contributed by atoms with Crippen LogP contribution < -0.4 is 20.1 Å². The summed E-state index contributed by atoms with van der Waals surface area (Å²) < 4.78 is 27.5. The summed E-state index contributed by atoms with van der Waals surface area (Å²) in [6.07, 6.45) is 2.24. The second-order valence-corrected chi connectivity index (χ2v) is 17.5. The van der Waals surface area contributed by atoms with E-state index in [9.17, 15) is 19.2 Å². The molecule has 6 aromatic carbocycles. The number of alkyl carbamates (subject to hydrolysis) is 2. The molecule has 0 fully saturated rings. The molecule has 2 aliphatic rings. The molecular formula is C60H58N4O10. The quantitative estimate of drug-likeness (QED) is 0.0420. The summed E-state index contributed by atoms with van der Waals surface area (Å²) >= 11 is 0. The van der Waals surface area contributed by atoms with Crippen LogP contribution in [0.4, 0.5) is 9.59 Å². The third kappa shape index (κ3) is 12.3. The Morgan fingerprint density at radius 2 is 0.892 bits per heavy atom. The van der Waals surface area contributed by atoms with Crippen molar-refractivity contribution in [3.63, 3.8) is 0 Å². The molecule has 0 aliphatic heterocycles. The second-order valence-electron chi connectivity index (χ2n) is 17.5. The molecule has 2 aliphatic carbocycles. The number of fused-ring (bicyclic) bond motifs is 8. The highest BCUT2D eigenvalue weighted by atomic mass is 16.6. The molecule has 2 aromatic heterocycles. The van der Waals surface area contributed by atoms with Gasteiger partial charge in [-0.15, -0.1) is 0 Å². The van der Waals surface area contributed by atoms with E-state index in [0.717, 1.165) is 42.2 Å². The van der Waals surface area contributed by atoms with E-state index in [4.69, 9.17) is 28.8 Å². The van der Waals surface area contributed by atoms with Crippen molar-refractivity contribution < 1.29 is 48.0 Å². The van der Waals surface area contributed by atoms with Crippen molar-refractivity contribution in [2.45, 2.75) is 44.9 Å². The first-order valence-electron chi connectivity index (χ1n) is 24.3. The number of hydrogen-bond acceptors (Lipinski definition) is 11. The molecule has 2 heterocycles. The van der Waals surface area contributed by atoms with Crippen LogP contribution in [0.1, 0.15) is 88.2 Å². The van der Waals surface area contributed by atoms with Crippen LogP contribution in [0.5, 0.6) is 11.5 Å². The number of amides is 2. The number of carboxylic acids is 1. The number of esters is 1. The molecule has 0 spiro atoms. The average molecular weight is 995 g/mol. The minimum Gasteiger partial charge on any atom is -0.494 e. The Morgan fingerprint density at radius 3 is 1.30 bits per heavy atom. The van der Waals surface area contributed by atoms with Gasteiger partial charge in [-0.25, -0.2) is 29.1 Å². The fourth-order valence-electron chi connectivity index (χ4n) is 9.24. The Morgan fingerprint density at radius 1 is 0.500 bits per heavy atom. The van der Waals surface area contributed by atoms with Crippen LogP contribution in [0, 0.1) is 0 Å². The van der Waals surface area contributed by atoms with Gasteiger partial charge in [0, 0.05) is 35.7 Å². The minimum absolute atomic E-state index is 0. The molecule has 74 heavy (non-hydrogen) atoms. The van der Waals surface area contributed by atoms with E-state index in [1.807, 2.05) is 78.9 Å². The minimum atomic E-state index is -1.05. The number of ether oxygens (including phenoxy) is 5. The lowest BCUT2D eigenvalue weighted by Gasteiger charge is -2.14. The number of hydrogen-bond donors (Lipinski definition) is 3. The van der Waals surface area contributed by atoms with Gasteiger partial charge in [-0.3, -0.25) is 0 Å². The van der Waals surface area contributed by atoms with Gasteiger partial charge in [-0.1, -0.05) is 117 Å². The maximum Gasteiger partial charge on any atom is 0.407 e. The molecule has 0 unspecified atom stereocenters. The summed E-state index contributed by atoms with van der Waals surface area (Å²) in [7, 11) is 1.33. The summed E-state index contributed by atoms with van der Waals surface area (Å²) in [6.45, 7) is 2.64. The standard InChI is InChI=1S/C30H28N2O5.C29H26N2O5.CH4/c1-35-29(33)28-14-12-20-18-21(13-15-27(20)32-28)36-17-7-6-16-31-30(34)37-19-26-24-10-4-2-8-22(24)23-9-3-5-11-25(23)26;32-28(33)27-13-11-19-17-20(12-14-26(19)31-27)35-16-6-5-15-30-29(34)36-18-25-23-9-3-1-7-21(23)22-8-2-4-10-24(22)25;/h2-5,8-15,18,26H,6-7,16-17,19H2,1H3,(H,31,34);1-4,7-14,17,25H,5-6,15-16,18H2,(H,30,34)(H,32,33);1H4. The van der Waals surface area contributed by atoms with Gasteiger partial charge in [0.25, 0.3) is 0 Å². The highest BCUT2D eigenvalue weighted by Gasteiger charge is 2.30. The highest BCUT2D eigenvalue weighted by molar-refractivity contribution is 5.92. The predicted octanol–water partition coefficient (Wildman–Crippen LogP) is 12.0. The van der Waals surface area contributed by atoms with Crippen molar-refractivity contribution in [2.24, 2.45) is 0 Å². The summed E-state index contributed by atoms with van der Waals surface area (Å²) in [5, 5.41) is 16.4. The fourth-order valence-corrected chi connectivity index (χ4v) is 9.24. The van der Waals surface area contributed by atoms with Crippen LogP contribution in [-0.2, 0) is 14.2 Å². The molecule has 0 saturated heterocycles. The summed E-state index contributed by atoms with van der Waals surface area (Å²) in [4.78, 5) is 55.6. The number of aromatic carboxylic acids is 1. The number of aromatic nitrogens is 2. The van der Waals surface area contributed by atoms with Crippen LogP contribution in [0.2, 0.25) is 0 Å². The molecule has 0 radical (unpaired) electrons. The Labute approximate surface area is 429 Å². The molecular weight excluding hydrogens is 937 g/mol. The van der Waals surface area contributed by atoms with Crippen molar-refractivity contribution in [2.75, 3.05) is 46.6 Å². The number of carbonyl (C=O) groups excluding carboxylic acids is 3. The van der Waals surface area contributed by atoms with Crippen LogP contribution in [-0.4, -0.2) is 85.8 Å². The number of benzene rings is 6. The molecule has 2 amide bonds. The summed E-state index contributed by atoms with van der Waals surface area (Å²) in [5.41, 5.74) is 11.2. The van der Waals surface area contributed by atoms with Gasteiger partial charge in [0.2, 0.25) is 0 Å². The largest absolute Gasteiger partial charge is 0.494 e. The number of pyridine rings is 2. The van der Waals surface area contributed by atoms with E-state index in [2.05, 4.69) is 69.1 Å². The molecule has 14 nitrogen and oxygen atoms in total. The number of rotatable bonds is 18. The van der Waals surface area contributed by atoms with E-state index in [1.165, 1.54) is 57.7 Å². The smallest absolute Gasteiger partial charge is 0.407 e. The molecule has 0 atom stereocenters. The normalized spacial score (nSPS) is 11.9. The fraction of sp³-hybridized carbons (Fsp3) is 0.233. The van der Waals surface area contributed by atoms with Gasteiger partial charge in [-0.2, -0.15) is 0 Å². The van der Waals surface area contributed by atoms with Crippen molar-refractivity contribution >= 4 is 45.9 Å². The monoisotopic (exact) mass is 994 g/mol. The third-order valence-corrected chi connectivity index (χ3v) is 12.8. The van der Waals surface area contributed by atoms with Crippen molar-refractivity contribution in [1.29, 1.82) is 0 Å². The van der Waals surface area contributed by atoms with Crippen molar-refractivity contribution in [3.8, 4) is 33.8 Å². The predicted molar refractivity (Wildman–Crippen MR) is 284 cm³/mol. The zero-order chi connectivity index (χ0) is 50.5. The Hall–Kier alpha value is -8.78. The molecule has 0 bridgehead atoms. The average Bonchev–Trinajstić information content (AvgIpc) is 3.93. The molecule has 8 aromatic rings. The lowest BCUT2D eigenvalue weighted by atomic mass is 9.98. The molecule has 3 N–H and O–H groups in total. The lowest BCUT2D eigenvalue weighted by Crippen LogP contribution is -2.27. The number of carboxylic acid groups (broad SMARTS) is 1. The molecule has 378 valence electrons. The van der Waals surface area contributed by atoms with Crippen molar-refractivity contribution in [1.82, 2.24) is 20.6 Å². The van der Waals surface area contributed by atoms with E-state index >= 15 is 0 Å². The van der Waals surface area contributed by atoms with E-state index in [-0.39, 0.29) is 30.7 Å². The van der Waals surface area contributed by atoms with Gasteiger partial charge in [0.1, 0.15) is 36.1 Å². The summed E-state index contributed by atoms with van der Waals surface area (Å²) in [5.74, 6) is -0.000465. The van der Waals surface area contributed by atoms with Gasteiger partial charge < -0.3 is 39.4 Å². The molecule has 0 saturated carbocycles. The van der Waals surface area contributed by atoms with Crippen molar-refractivity contribution in [3.05, 3.63) is 191 Å². The van der Waals surface area contributed by atoms with Crippen LogP contribution >= 0.6 is 0 Å². The summed E-state index contributed by atoms with van der Waals surface area (Å²) in [6, 6.07) is 50.6. The number of carbonyl (C=O) groups is 4. The van der Waals surface area contributed by atoms with Crippen LogP contribution in [0.25, 0.3) is 44.1 Å². The van der Waals surface area contributed by atoms with E-state index < -0.39 is 24.1 Å². The Bertz CT molecular complexity index is 3200. The van der Waals surface area contributed by atoms with E-state index in [1.54, 1.807) is 24.3 Å². The van der Waals surface area contributed by atoms with Gasteiger partial charge in [0.05, 0.1) is 31.4 Å². The first kappa shape index (κ1) is 51.6. The first-order valence-corrected chi connectivity index (χ1v) is 24.3. The SMILES string of the molecule is C.COC(=O)c1ccc2cc(OCCCCNC(=O)OCC3c4ccccc4-c4ccccc43)ccc2n1.O=C(NCCCCOc1ccc2nc(C(=O)O)ccc2c1)OCC1c2ccccc2-c2ccccc21. The topological polar surface area (TPSA) is 184 Å². The maximum absolute atomic E-state index is 12.3. The lowest BCUT2D eigenvalue weighted by molar-refractivity contribution is 0.0593. The zero-order valence-electron chi connectivity index (χ0n) is 40.3. The number of unbranched alkanes of at least 4 members (excludes halogenated alkanes) is 2. The van der Waals surface area contributed by atoms with Gasteiger partial charge in [-0.05, 0) is 119 Å². The number of nitrogens with zero attached hydrogens (tertiary/aromatic N) is 2. The molecule has 14 heteroatoms. The first-order chi connectivity index (χ1) is 35.7. The maximum atomic E-state index is 12.3. The zero-order valence-corrected chi connectivity index (χ0v) is 40.3. The second kappa shape index (κ2) is 24.6. The highest BCUT2D eigenvalue weighted by Crippen LogP contribution is 2.45. The van der Waals surface area contributed by atoms with Gasteiger partial charge in [0.15, 0.2) is 0 Å². The Balaban J connectivity index is 0.000000194. The molecule has 10 rings (SSSR count). The Kier molecular flexibility index (Phi) is 17.1. The van der Waals surface area contributed by atoms with Crippen LogP contribution in [0.15, 0.2) is 158 Å². The van der Waals surface area contributed by atoms with E-state index in [0.29, 0.717) is 56.3 Å². The third-order valence-electron chi connectivity index (χ3n) is 12.8. The number of nitrogens with one attached hydrogen (secondary N) is 2. The van der Waals surface area contributed by atoms with Crippen LogP contribution in [0.3, 0.4) is 0 Å².